The number of halogens is 1. The fraction of sp³-hybridized carbons (Fsp3) is 0.0833. The van der Waals surface area contributed by atoms with E-state index in [9.17, 15) is 10.0 Å². The van der Waals surface area contributed by atoms with Crippen molar-refractivity contribution in [3.8, 4) is 22.3 Å². The van der Waals surface area contributed by atoms with Gasteiger partial charge in [-0.3, -0.25) is 0 Å². The fourth-order valence-electron chi connectivity index (χ4n) is 4.48. The molecule has 0 aliphatic heterocycles. The van der Waals surface area contributed by atoms with Crippen LogP contribution in [0.2, 0.25) is 0 Å². The first-order valence-corrected chi connectivity index (χ1v) is 14.3. The number of rotatable bonds is 4. The molecule has 6 aromatic carbocycles. The van der Waals surface area contributed by atoms with E-state index in [-0.39, 0.29) is 18.9 Å². The minimum atomic E-state index is -1.44. The van der Waals surface area contributed by atoms with Gasteiger partial charge in [0.15, 0.2) is 0 Å². The average Bonchev–Trinajstić information content (AvgIpc) is 3.01. The van der Waals surface area contributed by atoms with Gasteiger partial charge in [-0.25, -0.2) is 0 Å². The topological polar surface area (TPSA) is 40.5 Å². The molecule has 0 heterocycles. The van der Waals surface area contributed by atoms with E-state index in [4.69, 9.17) is 0 Å². The minimum Gasteiger partial charge on any atom is -0.423 e. The van der Waals surface area contributed by atoms with Crippen LogP contribution in [-0.2, 0) is 0 Å². The molecular weight excluding hydrogens is 562 g/mol. The molecule has 5 heteroatoms. The van der Waals surface area contributed by atoms with Gasteiger partial charge in [-0.2, -0.15) is 6.42 Å². The molecule has 0 fully saturated rings. The van der Waals surface area contributed by atoms with Gasteiger partial charge in [-0.05, 0) is 61.4 Å². The Morgan fingerprint density at radius 2 is 1.05 bits per heavy atom. The van der Waals surface area contributed by atoms with Crippen LogP contribution < -0.4 is 24.3 Å². The van der Waals surface area contributed by atoms with Crippen molar-refractivity contribution in [1.82, 2.24) is 0 Å². The molecule has 0 atom stereocenters. The molecule has 41 heavy (non-hydrogen) atoms. The van der Waals surface area contributed by atoms with Crippen molar-refractivity contribution in [3.05, 3.63) is 145 Å². The van der Waals surface area contributed by atoms with Gasteiger partial charge in [-0.15, -0.1) is 0 Å². The number of unbranched alkanes of at least 4 members (excludes halogenated alkanes) is 1. The number of fused-ring (bicyclic) bond motifs is 2. The largest absolute Gasteiger partial charge is 1.00 e. The van der Waals surface area contributed by atoms with Crippen LogP contribution in [0.3, 0.4) is 0 Å². The minimum absolute atomic E-state index is 0. The molecule has 0 saturated heterocycles. The second kappa shape index (κ2) is 16.4. The van der Waals surface area contributed by atoms with E-state index in [0.29, 0.717) is 5.46 Å². The smallest absolute Gasteiger partial charge is 0.423 e. The van der Waals surface area contributed by atoms with Gasteiger partial charge in [0.2, 0.25) is 0 Å². The van der Waals surface area contributed by atoms with E-state index in [1.165, 1.54) is 33.7 Å². The van der Waals surface area contributed by atoms with Crippen molar-refractivity contribution < 1.29 is 28.9 Å². The molecular formula is C36H33BBrLiO2. The van der Waals surface area contributed by atoms with Crippen molar-refractivity contribution in [2.45, 2.75) is 19.8 Å². The van der Waals surface area contributed by atoms with Crippen LogP contribution in [0.4, 0.5) is 0 Å². The quantitative estimate of drug-likeness (QED) is 0.192. The summed E-state index contributed by atoms with van der Waals surface area (Å²) in [6.07, 6.45) is 2.28. The third-order valence-electron chi connectivity index (χ3n) is 6.56. The van der Waals surface area contributed by atoms with Crippen molar-refractivity contribution in [2.75, 3.05) is 0 Å². The first-order chi connectivity index (χ1) is 19.5. The van der Waals surface area contributed by atoms with E-state index >= 15 is 0 Å². The Morgan fingerprint density at radius 1 is 0.610 bits per heavy atom. The predicted octanol–water partition coefficient (Wildman–Crippen LogP) is 6.08. The third-order valence-corrected chi connectivity index (χ3v) is 7.06. The standard InChI is InChI=1S/C16H13BO2.C16H11Br.C4H9.Li/c18-17(19)14-8-3-7-13(11-14)16-10-4-6-12-5-1-2-9-15(12)16;17-14-8-3-7-13(11-14)16-10-4-6-12-5-1-2-9-15(12)16;1-3-4-2;/h1-11,18-19H;1-11H;1,3-4H2,2H3;/q;;-1;+1. The molecule has 6 rings (SSSR count). The molecule has 200 valence electrons. The number of hydrogen-bond acceptors (Lipinski definition) is 2. The molecule has 0 amide bonds. The first kappa shape index (κ1) is 32.4. The summed E-state index contributed by atoms with van der Waals surface area (Å²) in [7, 11) is -1.44. The molecule has 0 unspecified atom stereocenters. The van der Waals surface area contributed by atoms with E-state index in [2.05, 4.69) is 115 Å². The van der Waals surface area contributed by atoms with Gasteiger partial charge in [0.05, 0.1) is 0 Å². The second-order valence-electron chi connectivity index (χ2n) is 9.42. The van der Waals surface area contributed by atoms with Gasteiger partial charge < -0.3 is 17.0 Å². The summed E-state index contributed by atoms with van der Waals surface area (Å²) in [5.74, 6) is 0. The van der Waals surface area contributed by atoms with Crippen molar-refractivity contribution in [2.24, 2.45) is 0 Å². The van der Waals surface area contributed by atoms with E-state index in [1.54, 1.807) is 6.07 Å². The zero-order chi connectivity index (χ0) is 28.3. The van der Waals surface area contributed by atoms with Crippen LogP contribution in [0.15, 0.2) is 138 Å². The monoisotopic (exact) mass is 594 g/mol. The van der Waals surface area contributed by atoms with E-state index < -0.39 is 7.12 Å². The van der Waals surface area contributed by atoms with Crippen LogP contribution >= 0.6 is 15.9 Å². The summed E-state index contributed by atoms with van der Waals surface area (Å²) in [5.41, 5.74) is 5.12. The molecule has 0 bridgehead atoms. The summed E-state index contributed by atoms with van der Waals surface area (Å²) in [4.78, 5) is 0. The maximum absolute atomic E-state index is 9.26. The molecule has 0 aliphatic carbocycles. The molecule has 2 nitrogen and oxygen atoms in total. The van der Waals surface area contributed by atoms with Crippen LogP contribution in [-0.4, -0.2) is 17.2 Å². The Balaban J connectivity index is 0.000000196. The van der Waals surface area contributed by atoms with Crippen molar-refractivity contribution >= 4 is 50.1 Å². The van der Waals surface area contributed by atoms with Crippen LogP contribution in [0.25, 0.3) is 43.8 Å². The maximum Gasteiger partial charge on any atom is 1.00 e. The summed E-state index contributed by atoms with van der Waals surface area (Å²) >= 11 is 3.52. The van der Waals surface area contributed by atoms with Gasteiger partial charge in [0.25, 0.3) is 0 Å². The molecule has 0 saturated carbocycles. The summed E-state index contributed by atoms with van der Waals surface area (Å²) in [6.45, 7) is 5.72. The normalized spacial score (nSPS) is 10.1. The Labute approximate surface area is 264 Å². The molecule has 2 N–H and O–H groups in total. The maximum atomic E-state index is 9.26. The Bertz CT molecular complexity index is 1670. The first-order valence-electron chi connectivity index (χ1n) is 13.5. The van der Waals surface area contributed by atoms with Crippen LogP contribution in [0.1, 0.15) is 19.8 Å². The zero-order valence-corrected chi connectivity index (χ0v) is 25.3. The third kappa shape index (κ3) is 8.70. The van der Waals surface area contributed by atoms with Gasteiger partial charge in [-0.1, -0.05) is 151 Å². The van der Waals surface area contributed by atoms with E-state index in [1.807, 2.05) is 42.5 Å². The van der Waals surface area contributed by atoms with Crippen molar-refractivity contribution in [3.63, 3.8) is 0 Å². The SMILES string of the molecule is Brc1cccc(-c2cccc3ccccc23)c1.OB(O)c1cccc(-c2cccc3ccccc23)c1.[CH2-]CCC.[Li+]. The number of hydrogen-bond donors (Lipinski definition) is 2. The summed E-state index contributed by atoms with van der Waals surface area (Å²) in [6, 6.07) is 45.0. The Hall–Kier alpha value is -3.10. The molecule has 0 radical (unpaired) electrons. The van der Waals surface area contributed by atoms with Crippen LogP contribution in [0.5, 0.6) is 0 Å². The van der Waals surface area contributed by atoms with Gasteiger partial charge in [0, 0.05) is 4.47 Å². The summed E-state index contributed by atoms with van der Waals surface area (Å²) < 4.78 is 1.11. The molecule has 0 spiro atoms. The van der Waals surface area contributed by atoms with E-state index in [0.717, 1.165) is 27.4 Å². The van der Waals surface area contributed by atoms with Crippen molar-refractivity contribution in [1.29, 1.82) is 0 Å². The molecule has 6 aromatic rings. The molecule has 0 aliphatic rings. The zero-order valence-electron chi connectivity index (χ0n) is 23.7. The predicted molar refractivity (Wildman–Crippen MR) is 177 cm³/mol. The number of benzene rings is 6. The average molecular weight is 595 g/mol. The fourth-order valence-corrected chi connectivity index (χ4v) is 4.88. The van der Waals surface area contributed by atoms with Gasteiger partial charge in [0.1, 0.15) is 0 Å². The Morgan fingerprint density at radius 3 is 1.54 bits per heavy atom. The van der Waals surface area contributed by atoms with Gasteiger partial charge >= 0.3 is 26.0 Å². The second-order valence-corrected chi connectivity index (χ2v) is 10.3. The van der Waals surface area contributed by atoms with Crippen LogP contribution in [0, 0.1) is 6.92 Å². The molecule has 0 aromatic heterocycles. The Kier molecular flexibility index (Phi) is 12.9. The summed E-state index contributed by atoms with van der Waals surface area (Å²) in [5, 5.41) is 23.4.